The van der Waals surface area contributed by atoms with Gasteiger partial charge in [-0.25, -0.2) is 0 Å². The maximum absolute atomic E-state index is 12.5. The smallest absolute Gasteiger partial charge is 0.234 e. The summed E-state index contributed by atoms with van der Waals surface area (Å²) < 4.78 is 5.15. The molecule has 4 nitrogen and oxygen atoms in total. The molecule has 2 aromatic carbocycles. The van der Waals surface area contributed by atoms with E-state index in [1.54, 1.807) is 7.11 Å². The third-order valence-electron chi connectivity index (χ3n) is 4.84. The van der Waals surface area contributed by atoms with Gasteiger partial charge >= 0.3 is 0 Å². The van der Waals surface area contributed by atoms with Crippen LogP contribution in [0.1, 0.15) is 36.9 Å². The largest absolute Gasteiger partial charge is 0.497 e. The summed E-state index contributed by atoms with van der Waals surface area (Å²) in [6, 6.07) is 16.3. The van der Waals surface area contributed by atoms with E-state index in [0.717, 1.165) is 29.2 Å². The molecule has 1 fully saturated rings. The number of hydrogen-bond donors (Lipinski definition) is 1. The van der Waals surface area contributed by atoms with Crippen molar-refractivity contribution in [3.05, 3.63) is 64.7 Å². The molecule has 1 aliphatic carbocycles. The van der Waals surface area contributed by atoms with Crippen LogP contribution in [-0.4, -0.2) is 30.5 Å². The monoisotopic (exact) mass is 372 g/mol. The van der Waals surface area contributed by atoms with Crippen molar-refractivity contribution < 1.29 is 9.53 Å². The third kappa shape index (κ3) is 4.99. The van der Waals surface area contributed by atoms with Crippen molar-refractivity contribution in [1.82, 2.24) is 10.2 Å². The Balaban J connectivity index is 1.57. The van der Waals surface area contributed by atoms with Crippen LogP contribution in [0.25, 0.3) is 0 Å². The Hall–Kier alpha value is -2.04. The molecule has 0 radical (unpaired) electrons. The van der Waals surface area contributed by atoms with Crippen molar-refractivity contribution >= 4 is 17.5 Å². The van der Waals surface area contributed by atoms with Crippen LogP contribution in [0.5, 0.6) is 5.75 Å². The molecule has 0 saturated heterocycles. The van der Waals surface area contributed by atoms with Crippen LogP contribution < -0.4 is 10.1 Å². The molecule has 0 heterocycles. The standard InChI is InChI=1S/C21H25ClN2O2/c1-15(17-5-7-18(22)8-6-17)24(19-9-10-19)14-21(25)23-13-16-3-11-20(26-2)12-4-16/h3-8,11-12,15,19H,9-10,13-14H2,1-2H3,(H,23,25). The molecule has 138 valence electrons. The minimum absolute atomic E-state index is 0.0496. The van der Waals surface area contributed by atoms with E-state index in [1.807, 2.05) is 48.5 Å². The van der Waals surface area contributed by atoms with E-state index in [-0.39, 0.29) is 11.9 Å². The molecule has 0 aromatic heterocycles. The molecule has 0 bridgehead atoms. The molecular weight excluding hydrogens is 348 g/mol. The maximum Gasteiger partial charge on any atom is 0.234 e. The lowest BCUT2D eigenvalue weighted by Crippen LogP contribution is -2.39. The fourth-order valence-corrected chi connectivity index (χ4v) is 3.21. The van der Waals surface area contributed by atoms with Gasteiger partial charge in [0.1, 0.15) is 5.75 Å². The van der Waals surface area contributed by atoms with Gasteiger partial charge in [-0.15, -0.1) is 0 Å². The summed E-state index contributed by atoms with van der Waals surface area (Å²) in [4.78, 5) is 14.8. The molecular formula is C21H25ClN2O2. The molecule has 3 rings (SSSR count). The summed E-state index contributed by atoms with van der Waals surface area (Å²) >= 11 is 5.99. The lowest BCUT2D eigenvalue weighted by molar-refractivity contribution is -0.123. The van der Waals surface area contributed by atoms with Crippen molar-refractivity contribution in [2.45, 2.75) is 38.4 Å². The molecule has 1 atom stereocenters. The van der Waals surface area contributed by atoms with Crippen molar-refractivity contribution in [2.24, 2.45) is 0 Å². The Labute approximate surface area is 160 Å². The number of ether oxygens (including phenoxy) is 1. The first-order chi connectivity index (χ1) is 12.6. The van der Waals surface area contributed by atoms with Crippen molar-refractivity contribution in [3.63, 3.8) is 0 Å². The minimum Gasteiger partial charge on any atom is -0.497 e. The maximum atomic E-state index is 12.5. The van der Waals surface area contributed by atoms with Gasteiger partial charge in [0, 0.05) is 23.7 Å². The fraction of sp³-hybridized carbons (Fsp3) is 0.381. The number of nitrogens with one attached hydrogen (secondary N) is 1. The van der Waals surface area contributed by atoms with Gasteiger partial charge in [-0.05, 0) is 55.2 Å². The van der Waals surface area contributed by atoms with Gasteiger partial charge in [-0.2, -0.15) is 0 Å². The topological polar surface area (TPSA) is 41.6 Å². The number of methoxy groups -OCH3 is 1. The molecule has 1 unspecified atom stereocenters. The van der Waals surface area contributed by atoms with Crippen LogP contribution in [0.4, 0.5) is 0 Å². The van der Waals surface area contributed by atoms with Gasteiger partial charge in [-0.3, -0.25) is 9.69 Å². The molecule has 0 aliphatic heterocycles. The van der Waals surface area contributed by atoms with E-state index in [4.69, 9.17) is 16.3 Å². The average Bonchev–Trinajstić information content (AvgIpc) is 3.50. The number of amides is 1. The summed E-state index contributed by atoms with van der Waals surface area (Å²) in [5, 5.41) is 3.76. The molecule has 0 spiro atoms. The number of benzene rings is 2. The van der Waals surface area contributed by atoms with Gasteiger partial charge in [0.25, 0.3) is 0 Å². The zero-order valence-electron chi connectivity index (χ0n) is 15.2. The highest BCUT2D eigenvalue weighted by molar-refractivity contribution is 6.30. The Bertz CT molecular complexity index is 727. The van der Waals surface area contributed by atoms with Crippen LogP contribution in [-0.2, 0) is 11.3 Å². The molecule has 2 aromatic rings. The van der Waals surface area contributed by atoms with E-state index < -0.39 is 0 Å². The Kier molecular flexibility index (Phi) is 6.17. The van der Waals surface area contributed by atoms with Gasteiger partial charge in [-0.1, -0.05) is 35.9 Å². The van der Waals surface area contributed by atoms with E-state index in [9.17, 15) is 4.79 Å². The van der Waals surface area contributed by atoms with Crippen molar-refractivity contribution in [3.8, 4) is 5.75 Å². The van der Waals surface area contributed by atoms with Crippen LogP contribution in [0.15, 0.2) is 48.5 Å². The number of halogens is 1. The van der Waals surface area contributed by atoms with Crippen LogP contribution >= 0.6 is 11.6 Å². The summed E-state index contributed by atoms with van der Waals surface area (Å²) in [7, 11) is 1.64. The highest BCUT2D eigenvalue weighted by Gasteiger charge is 2.33. The molecule has 1 amide bonds. The number of rotatable bonds is 8. The second-order valence-corrected chi connectivity index (χ2v) is 7.19. The van der Waals surface area contributed by atoms with Crippen LogP contribution in [0.3, 0.4) is 0 Å². The van der Waals surface area contributed by atoms with Gasteiger partial charge in [0.05, 0.1) is 13.7 Å². The number of carbonyl (C=O) groups is 1. The Morgan fingerprint density at radius 2 is 1.85 bits per heavy atom. The third-order valence-corrected chi connectivity index (χ3v) is 5.09. The zero-order chi connectivity index (χ0) is 18.5. The zero-order valence-corrected chi connectivity index (χ0v) is 16.0. The Morgan fingerprint density at radius 3 is 2.42 bits per heavy atom. The molecule has 1 aliphatic rings. The summed E-state index contributed by atoms with van der Waals surface area (Å²) in [5.41, 5.74) is 2.24. The number of hydrogen-bond acceptors (Lipinski definition) is 3. The fourth-order valence-electron chi connectivity index (χ4n) is 3.09. The molecule has 5 heteroatoms. The SMILES string of the molecule is COc1ccc(CNC(=O)CN(C2CC2)C(C)c2ccc(Cl)cc2)cc1. The predicted molar refractivity (Wildman–Crippen MR) is 104 cm³/mol. The Morgan fingerprint density at radius 1 is 1.19 bits per heavy atom. The highest BCUT2D eigenvalue weighted by Crippen LogP contribution is 2.34. The minimum atomic E-state index is 0.0496. The lowest BCUT2D eigenvalue weighted by atomic mass is 10.1. The van der Waals surface area contributed by atoms with Crippen LogP contribution in [0.2, 0.25) is 5.02 Å². The summed E-state index contributed by atoms with van der Waals surface area (Å²) in [5.74, 6) is 0.866. The van der Waals surface area contributed by atoms with Crippen molar-refractivity contribution in [1.29, 1.82) is 0 Å². The molecule has 1 N–H and O–H groups in total. The average molecular weight is 373 g/mol. The normalized spacial score (nSPS) is 14.9. The predicted octanol–water partition coefficient (Wildman–Crippen LogP) is 4.19. The van der Waals surface area contributed by atoms with Crippen LogP contribution in [0, 0.1) is 0 Å². The molecule has 26 heavy (non-hydrogen) atoms. The van der Waals surface area contributed by atoms with E-state index in [1.165, 1.54) is 5.56 Å². The summed E-state index contributed by atoms with van der Waals surface area (Å²) in [6.07, 6.45) is 2.31. The lowest BCUT2D eigenvalue weighted by Gasteiger charge is -2.29. The quantitative estimate of drug-likeness (QED) is 0.755. The molecule has 1 saturated carbocycles. The van der Waals surface area contributed by atoms with Gasteiger partial charge in [0.15, 0.2) is 0 Å². The number of carbonyl (C=O) groups excluding carboxylic acids is 1. The number of nitrogens with zero attached hydrogens (tertiary/aromatic N) is 1. The van der Waals surface area contributed by atoms with Crippen molar-refractivity contribution in [2.75, 3.05) is 13.7 Å². The van der Waals surface area contributed by atoms with E-state index >= 15 is 0 Å². The highest BCUT2D eigenvalue weighted by atomic mass is 35.5. The van der Waals surface area contributed by atoms with Gasteiger partial charge in [0.2, 0.25) is 5.91 Å². The first kappa shape index (κ1) is 18.7. The second-order valence-electron chi connectivity index (χ2n) is 6.76. The first-order valence-electron chi connectivity index (χ1n) is 8.97. The second kappa shape index (κ2) is 8.56. The summed E-state index contributed by atoms with van der Waals surface area (Å²) in [6.45, 7) is 3.08. The van der Waals surface area contributed by atoms with E-state index in [0.29, 0.717) is 19.1 Å². The first-order valence-corrected chi connectivity index (χ1v) is 9.35. The van der Waals surface area contributed by atoms with E-state index in [2.05, 4.69) is 17.1 Å². The van der Waals surface area contributed by atoms with Gasteiger partial charge < -0.3 is 10.1 Å².